The van der Waals surface area contributed by atoms with Gasteiger partial charge in [0.25, 0.3) is 0 Å². The summed E-state index contributed by atoms with van der Waals surface area (Å²) < 4.78 is 15.7. The van der Waals surface area contributed by atoms with Gasteiger partial charge in [0.1, 0.15) is 12.1 Å². The highest BCUT2D eigenvalue weighted by Gasteiger charge is 2.06. The molecule has 0 spiro atoms. The molecule has 0 unspecified atom stereocenters. The monoisotopic (exact) mass is 256 g/mol. The topological polar surface area (TPSA) is 91.5 Å². The Morgan fingerprint density at radius 3 is 2.78 bits per heavy atom. The summed E-state index contributed by atoms with van der Waals surface area (Å²) >= 11 is 0. The summed E-state index contributed by atoms with van der Waals surface area (Å²) in [5.74, 6) is 6.42. The normalized spacial score (nSPS) is 10.4. The number of hydrazine groups is 1. The van der Waals surface area contributed by atoms with Crippen LogP contribution < -0.4 is 16.0 Å². The number of methoxy groups -OCH3 is 1. The van der Waals surface area contributed by atoms with Crippen molar-refractivity contribution in [2.45, 2.75) is 13.3 Å². The Bertz CT molecular complexity index is 349. The molecule has 0 aliphatic rings. The van der Waals surface area contributed by atoms with E-state index < -0.39 is 0 Å². The van der Waals surface area contributed by atoms with Gasteiger partial charge in [-0.25, -0.2) is 15.8 Å². The number of hydrogen-bond acceptors (Lipinski definition) is 7. The number of nitrogens with one attached hydrogen (secondary N) is 1. The summed E-state index contributed by atoms with van der Waals surface area (Å²) in [6.45, 7) is 4.23. The van der Waals surface area contributed by atoms with Crippen LogP contribution in [0.2, 0.25) is 0 Å². The highest BCUT2D eigenvalue weighted by atomic mass is 16.5. The zero-order chi connectivity index (χ0) is 13.2. The molecule has 0 amide bonds. The number of ether oxygens (including phenoxy) is 3. The number of anilines is 1. The lowest BCUT2D eigenvalue weighted by atomic mass is 10.3. The average molecular weight is 256 g/mol. The van der Waals surface area contributed by atoms with E-state index in [9.17, 15) is 0 Å². The molecule has 0 bridgehead atoms. The molecule has 3 N–H and O–H groups in total. The van der Waals surface area contributed by atoms with Crippen molar-refractivity contribution in [3.8, 4) is 5.88 Å². The van der Waals surface area contributed by atoms with Gasteiger partial charge >= 0.3 is 0 Å². The molecule has 0 atom stereocenters. The maximum absolute atomic E-state index is 5.53. The number of nitrogens with two attached hydrogens (primary N) is 1. The molecule has 102 valence electrons. The van der Waals surface area contributed by atoms with Crippen molar-refractivity contribution >= 4 is 5.82 Å². The van der Waals surface area contributed by atoms with Gasteiger partial charge in [-0.1, -0.05) is 0 Å². The summed E-state index contributed by atoms with van der Waals surface area (Å²) in [5, 5.41) is 0. The predicted molar refractivity (Wildman–Crippen MR) is 67.4 cm³/mol. The van der Waals surface area contributed by atoms with E-state index in [-0.39, 0.29) is 0 Å². The minimum atomic E-state index is 0.537. The smallest absolute Gasteiger partial charge is 0.221 e. The second kappa shape index (κ2) is 8.62. The van der Waals surface area contributed by atoms with Gasteiger partial charge in [0, 0.05) is 20.1 Å². The summed E-state index contributed by atoms with van der Waals surface area (Å²) in [6, 6.07) is 0. The summed E-state index contributed by atoms with van der Waals surface area (Å²) in [4.78, 5) is 8.01. The van der Waals surface area contributed by atoms with Gasteiger partial charge in [0.15, 0.2) is 0 Å². The zero-order valence-electron chi connectivity index (χ0n) is 10.8. The maximum Gasteiger partial charge on any atom is 0.221 e. The fraction of sp³-hybridized carbons (Fsp3) is 0.636. The largest absolute Gasteiger partial charge is 0.477 e. The number of rotatable bonds is 9. The molecule has 0 aliphatic carbocycles. The third-order valence-corrected chi connectivity index (χ3v) is 2.28. The quantitative estimate of drug-likeness (QED) is 0.377. The molecular weight excluding hydrogens is 236 g/mol. The van der Waals surface area contributed by atoms with Gasteiger partial charge in [0.05, 0.1) is 25.4 Å². The van der Waals surface area contributed by atoms with Gasteiger partial charge in [-0.2, -0.15) is 0 Å². The SMILES string of the molecule is COCCOCCCOc1ncnc(NN)c1C. The third-order valence-electron chi connectivity index (χ3n) is 2.28. The Kier molecular flexibility index (Phi) is 7.00. The van der Waals surface area contributed by atoms with Crippen molar-refractivity contribution in [2.24, 2.45) is 5.84 Å². The van der Waals surface area contributed by atoms with Crippen LogP contribution >= 0.6 is 0 Å². The first kappa shape index (κ1) is 14.6. The molecule has 7 heteroatoms. The molecule has 0 aromatic carbocycles. The number of aromatic nitrogens is 2. The van der Waals surface area contributed by atoms with Crippen LogP contribution in [0, 0.1) is 6.92 Å². The summed E-state index contributed by atoms with van der Waals surface area (Å²) in [7, 11) is 1.65. The van der Waals surface area contributed by atoms with E-state index >= 15 is 0 Å². The van der Waals surface area contributed by atoms with Crippen LogP contribution in [0.5, 0.6) is 5.88 Å². The summed E-state index contributed by atoms with van der Waals surface area (Å²) in [5.41, 5.74) is 3.28. The van der Waals surface area contributed by atoms with Crippen molar-refractivity contribution in [3.63, 3.8) is 0 Å². The van der Waals surface area contributed by atoms with Crippen LogP contribution in [0.15, 0.2) is 6.33 Å². The highest BCUT2D eigenvalue weighted by Crippen LogP contribution is 2.19. The molecule has 18 heavy (non-hydrogen) atoms. The number of hydrogen-bond donors (Lipinski definition) is 2. The van der Waals surface area contributed by atoms with E-state index in [2.05, 4.69) is 15.4 Å². The van der Waals surface area contributed by atoms with Crippen molar-refractivity contribution in [2.75, 3.05) is 39.0 Å². The Labute approximate surface area is 107 Å². The Balaban J connectivity index is 2.23. The molecule has 1 heterocycles. The van der Waals surface area contributed by atoms with Crippen LogP contribution in [0.25, 0.3) is 0 Å². The number of nitrogen functional groups attached to an aromatic ring is 1. The van der Waals surface area contributed by atoms with Gasteiger partial charge in [-0.15, -0.1) is 0 Å². The lowest BCUT2D eigenvalue weighted by Crippen LogP contribution is -2.12. The van der Waals surface area contributed by atoms with Crippen molar-refractivity contribution in [1.29, 1.82) is 0 Å². The molecule has 0 saturated heterocycles. The van der Waals surface area contributed by atoms with Crippen LogP contribution in [0.4, 0.5) is 5.82 Å². The van der Waals surface area contributed by atoms with E-state index in [0.29, 0.717) is 38.1 Å². The fourth-order valence-corrected chi connectivity index (χ4v) is 1.30. The first-order valence-electron chi connectivity index (χ1n) is 5.77. The van der Waals surface area contributed by atoms with Crippen LogP contribution in [0.1, 0.15) is 12.0 Å². The summed E-state index contributed by atoms with van der Waals surface area (Å²) in [6.07, 6.45) is 2.20. The molecular formula is C11H20N4O3. The molecule has 0 saturated carbocycles. The standard InChI is InChI=1S/C11H20N4O3/c1-9-10(15-12)13-8-14-11(9)18-5-3-4-17-7-6-16-2/h8H,3-7,12H2,1-2H3,(H,13,14,15). The molecule has 0 fully saturated rings. The van der Waals surface area contributed by atoms with Crippen molar-refractivity contribution in [3.05, 3.63) is 11.9 Å². The lowest BCUT2D eigenvalue weighted by Gasteiger charge is -2.10. The van der Waals surface area contributed by atoms with Crippen LogP contribution in [-0.4, -0.2) is 43.5 Å². The van der Waals surface area contributed by atoms with Gasteiger partial charge in [-0.05, 0) is 6.92 Å². The van der Waals surface area contributed by atoms with Gasteiger partial charge < -0.3 is 19.6 Å². The lowest BCUT2D eigenvalue weighted by molar-refractivity contribution is 0.0641. The second-order valence-corrected chi connectivity index (χ2v) is 3.60. The maximum atomic E-state index is 5.53. The molecule has 0 aliphatic heterocycles. The van der Waals surface area contributed by atoms with E-state index in [1.165, 1.54) is 6.33 Å². The highest BCUT2D eigenvalue weighted by molar-refractivity contribution is 5.46. The minimum absolute atomic E-state index is 0.537. The molecule has 7 nitrogen and oxygen atoms in total. The van der Waals surface area contributed by atoms with E-state index in [1.807, 2.05) is 6.92 Å². The molecule has 0 radical (unpaired) electrons. The third kappa shape index (κ3) is 4.82. The van der Waals surface area contributed by atoms with Crippen molar-refractivity contribution < 1.29 is 14.2 Å². The first-order valence-corrected chi connectivity index (χ1v) is 5.77. The van der Waals surface area contributed by atoms with E-state index in [0.717, 1.165) is 12.0 Å². The Morgan fingerprint density at radius 2 is 2.06 bits per heavy atom. The molecule has 1 rings (SSSR count). The second-order valence-electron chi connectivity index (χ2n) is 3.60. The van der Waals surface area contributed by atoms with Gasteiger partial charge in [-0.3, -0.25) is 0 Å². The molecule has 1 aromatic heterocycles. The zero-order valence-corrected chi connectivity index (χ0v) is 10.8. The van der Waals surface area contributed by atoms with E-state index in [4.69, 9.17) is 20.1 Å². The Morgan fingerprint density at radius 1 is 1.22 bits per heavy atom. The van der Waals surface area contributed by atoms with Crippen molar-refractivity contribution in [1.82, 2.24) is 9.97 Å². The van der Waals surface area contributed by atoms with Crippen LogP contribution in [0.3, 0.4) is 0 Å². The fourth-order valence-electron chi connectivity index (χ4n) is 1.30. The van der Waals surface area contributed by atoms with E-state index in [1.54, 1.807) is 7.11 Å². The first-order chi connectivity index (χ1) is 8.79. The van der Waals surface area contributed by atoms with Gasteiger partial charge in [0.2, 0.25) is 5.88 Å². The van der Waals surface area contributed by atoms with Crippen LogP contribution in [-0.2, 0) is 9.47 Å². The minimum Gasteiger partial charge on any atom is -0.477 e. The average Bonchev–Trinajstić information content (AvgIpc) is 2.39. The Hall–Kier alpha value is -1.44. The predicted octanol–water partition coefficient (Wildman–Crippen LogP) is 0.503. The molecule has 1 aromatic rings. The number of nitrogens with zero attached hydrogens (tertiary/aromatic N) is 2.